The number of guanidine groups is 1. The zero-order valence-corrected chi connectivity index (χ0v) is 8.67. The predicted octanol–water partition coefficient (Wildman–Crippen LogP) is -0.104. The smallest absolute Gasteiger partial charge is 0.193 e. The Labute approximate surface area is 79.7 Å². The Hall–Kier alpha value is -0.770. The first-order chi connectivity index (χ1) is 6.05. The van der Waals surface area contributed by atoms with Crippen LogP contribution in [0.4, 0.5) is 0 Å². The van der Waals surface area contributed by atoms with Crippen LogP contribution < -0.4 is 5.32 Å². The molecular weight excluding hydrogens is 166 g/mol. The fourth-order valence-corrected chi connectivity index (χ4v) is 1.10. The maximum absolute atomic E-state index is 9.04. The Balaban J connectivity index is 2.34. The van der Waals surface area contributed by atoms with Gasteiger partial charge in [-0.25, -0.2) is 0 Å². The molecule has 76 valence electrons. The van der Waals surface area contributed by atoms with E-state index in [2.05, 4.69) is 15.2 Å². The minimum atomic E-state index is -0.0774. The number of likely N-dealkylation sites (N-methyl/N-ethyl adjacent to an activating group) is 1. The van der Waals surface area contributed by atoms with E-state index in [4.69, 9.17) is 5.11 Å². The summed E-state index contributed by atoms with van der Waals surface area (Å²) in [7, 11) is 2.02. The van der Waals surface area contributed by atoms with Crippen LogP contribution in [0.25, 0.3) is 0 Å². The third-order valence-electron chi connectivity index (χ3n) is 2.21. The van der Waals surface area contributed by atoms with Gasteiger partial charge in [-0.05, 0) is 0 Å². The van der Waals surface area contributed by atoms with Gasteiger partial charge in [-0.3, -0.25) is 4.99 Å². The number of rotatable bonds is 3. The molecule has 1 aliphatic heterocycles. The lowest BCUT2D eigenvalue weighted by Crippen LogP contribution is -2.41. The number of aliphatic hydroxyl groups excluding tert-OH is 1. The van der Waals surface area contributed by atoms with E-state index in [0.29, 0.717) is 0 Å². The fraction of sp³-hybridized carbons (Fsp3) is 0.889. The second-order valence-corrected chi connectivity index (χ2v) is 4.30. The largest absolute Gasteiger partial charge is 0.396 e. The number of aliphatic hydroxyl groups is 1. The molecule has 1 rings (SSSR count). The summed E-state index contributed by atoms with van der Waals surface area (Å²) in [4.78, 5) is 6.39. The van der Waals surface area contributed by atoms with Crippen molar-refractivity contribution in [2.24, 2.45) is 10.4 Å². The second kappa shape index (κ2) is 3.96. The Kier molecular flexibility index (Phi) is 3.14. The van der Waals surface area contributed by atoms with Crippen molar-refractivity contribution in [3.63, 3.8) is 0 Å². The van der Waals surface area contributed by atoms with Gasteiger partial charge in [0.15, 0.2) is 5.96 Å². The summed E-state index contributed by atoms with van der Waals surface area (Å²) in [5.41, 5.74) is -0.0774. The molecule has 4 heteroatoms. The van der Waals surface area contributed by atoms with Crippen LogP contribution in [0.3, 0.4) is 0 Å². The van der Waals surface area contributed by atoms with E-state index in [-0.39, 0.29) is 12.0 Å². The molecule has 0 unspecified atom stereocenters. The Bertz CT molecular complexity index is 201. The topological polar surface area (TPSA) is 47.9 Å². The molecule has 0 aliphatic carbocycles. The molecule has 13 heavy (non-hydrogen) atoms. The van der Waals surface area contributed by atoms with Crippen molar-refractivity contribution < 1.29 is 5.11 Å². The highest BCUT2D eigenvalue weighted by molar-refractivity contribution is 5.81. The van der Waals surface area contributed by atoms with Crippen molar-refractivity contribution in [2.75, 3.05) is 33.3 Å². The second-order valence-electron chi connectivity index (χ2n) is 4.30. The summed E-state index contributed by atoms with van der Waals surface area (Å²) in [6, 6.07) is 0. The summed E-state index contributed by atoms with van der Waals surface area (Å²) >= 11 is 0. The molecule has 1 heterocycles. The van der Waals surface area contributed by atoms with Crippen LogP contribution in [0.15, 0.2) is 4.99 Å². The summed E-state index contributed by atoms with van der Waals surface area (Å²) < 4.78 is 0. The molecule has 0 saturated heterocycles. The van der Waals surface area contributed by atoms with Gasteiger partial charge < -0.3 is 15.3 Å². The molecule has 0 bridgehead atoms. The third-order valence-corrected chi connectivity index (χ3v) is 2.21. The van der Waals surface area contributed by atoms with Crippen molar-refractivity contribution in [3.8, 4) is 0 Å². The SMILES string of the molecule is CN1CCN=C1NCC(C)(C)CO. The lowest BCUT2D eigenvalue weighted by atomic mass is 9.95. The number of aliphatic imine (C=N–C) groups is 1. The van der Waals surface area contributed by atoms with Gasteiger partial charge in [0.05, 0.1) is 6.54 Å². The van der Waals surface area contributed by atoms with Crippen LogP contribution in [0.1, 0.15) is 13.8 Å². The Morgan fingerprint density at radius 2 is 2.31 bits per heavy atom. The number of nitrogens with one attached hydrogen (secondary N) is 1. The van der Waals surface area contributed by atoms with Crippen molar-refractivity contribution in [3.05, 3.63) is 0 Å². The quantitative estimate of drug-likeness (QED) is 0.645. The van der Waals surface area contributed by atoms with E-state index in [9.17, 15) is 0 Å². The summed E-state index contributed by atoms with van der Waals surface area (Å²) in [5, 5.41) is 12.3. The monoisotopic (exact) mass is 185 g/mol. The highest BCUT2D eigenvalue weighted by Gasteiger charge is 2.19. The van der Waals surface area contributed by atoms with Crippen molar-refractivity contribution in [2.45, 2.75) is 13.8 Å². The molecule has 2 N–H and O–H groups in total. The number of hydrogen-bond donors (Lipinski definition) is 2. The third kappa shape index (κ3) is 2.88. The molecule has 0 fully saturated rings. The van der Waals surface area contributed by atoms with Crippen LogP contribution in [0.5, 0.6) is 0 Å². The summed E-state index contributed by atoms with van der Waals surface area (Å²) in [5.74, 6) is 0.946. The van der Waals surface area contributed by atoms with E-state index in [1.807, 2.05) is 20.9 Å². The molecule has 0 atom stereocenters. The number of nitrogens with zero attached hydrogens (tertiary/aromatic N) is 2. The molecule has 0 aromatic carbocycles. The molecule has 0 amide bonds. The molecule has 1 aliphatic rings. The van der Waals surface area contributed by atoms with Gasteiger partial charge in [-0.1, -0.05) is 13.8 Å². The predicted molar refractivity (Wildman–Crippen MR) is 53.8 cm³/mol. The number of hydrogen-bond acceptors (Lipinski definition) is 4. The summed E-state index contributed by atoms with van der Waals surface area (Å²) in [6.45, 7) is 6.86. The Morgan fingerprint density at radius 1 is 1.62 bits per heavy atom. The van der Waals surface area contributed by atoms with Crippen molar-refractivity contribution in [1.29, 1.82) is 0 Å². The van der Waals surface area contributed by atoms with E-state index in [1.165, 1.54) is 0 Å². The molecule has 0 spiro atoms. The minimum absolute atomic E-state index is 0.0774. The van der Waals surface area contributed by atoms with Gasteiger partial charge in [0.25, 0.3) is 0 Å². The highest BCUT2D eigenvalue weighted by Crippen LogP contribution is 2.11. The maximum Gasteiger partial charge on any atom is 0.193 e. The van der Waals surface area contributed by atoms with E-state index in [1.54, 1.807) is 0 Å². The van der Waals surface area contributed by atoms with Crippen LogP contribution in [-0.4, -0.2) is 49.3 Å². The van der Waals surface area contributed by atoms with Crippen molar-refractivity contribution >= 4 is 5.96 Å². The van der Waals surface area contributed by atoms with Gasteiger partial charge in [-0.2, -0.15) is 0 Å². The first-order valence-corrected chi connectivity index (χ1v) is 4.65. The van der Waals surface area contributed by atoms with Crippen LogP contribution in [0.2, 0.25) is 0 Å². The first-order valence-electron chi connectivity index (χ1n) is 4.65. The first kappa shape index (κ1) is 10.3. The molecule has 0 aromatic rings. The average Bonchev–Trinajstić information content (AvgIpc) is 2.48. The lowest BCUT2D eigenvalue weighted by Gasteiger charge is -2.24. The normalized spacial score (nSPS) is 17.5. The Morgan fingerprint density at radius 3 is 2.77 bits per heavy atom. The van der Waals surface area contributed by atoms with E-state index in [0.717, 1.165) is 25.6 Å². The molecule has 0 aromatic heterocycles. The van der Waals surface area contributed by atoms with Gasteiger partial charge in [0.2, 0.25) is 0 Å². The molecule has 4 nitrogen and oxygen atoms in total. The van der Waals surface area contributed by atoms with E-state index < -0.39 is 0 Å². The fourth-order valence-electron chi connectivity index (χ4n) is 1.10. The minimum Gasteiger partial charge on any atom is -0.396 e. The molecule has 0 radical (unpaired) electrons. The maximum atomic E-state index is 9.04. The van der Waals surface area contributed by atoms with Crippen LogP contribution in [0, 0.1) is 5.41 Å². The van der Waals surface area contributed by atoms with Crippen LogP contribution in [-0.2, 0) is 0 Å². The lowest BCUT2D eigenvalue weighted by molar-refractivity contribution is 0.161. The standard InChI is InChI=1S/C9H19N3O/c1-9(2,7-13)6-11-8-10-4-5-12(8)3/h13H,4-7H2,1-3H3,(H,10,11). The van der Waals surface area contributed by atoms with E-state index >= 15 is 0 Å². The van der Waals surface area contributed by atoms with Crippen molar-refractivity contribution in [1.82, 2.24) is 10.2 Å². The van der Waals surface area contributed by atoms with Gasteiger partial charge in [-0.15, -0.1) is 0 Å². The van der Waals surface area contributed by atoms with Gasteiger partial charge >= 0.3 is 0 Å². The van der Waals surface area contributed by atoms with Gasteiger partial charge in [0, 0.05) is 32.2 Å². The zero-order valence-electron chi connectivity index (χ0n) is 8.67. The summed E-state index contributed by atoms with van der Waals surface area (Å²) in [6.07, 6.45) is 0. The average molecular weight is 185 g/mol. The highest BCUT2D eigenvalue weighted by atomic mass is 16.3. The molecular formula is C9H19N3O. The zero-order chi connectivity index (χ0) is 9.90. The molecule has 0 saturated carbocycles. The van der Waals surface area contributed by atoms with Crippen LogP contribution >= 0.6 is 0 Å². The van der Waals surface area contributed by atoms with Gasteiger partial charge in [0.1, 0.15) is 0 Å².